The lowest BCUT2D eigenvalue weighted by atomic mass is 9.96. The minimum Gasteiger partial charge on any atom is -0.322 e. The molecule has 1 heterocycles. The number of hydrogen-bond acceptors (Lipinski definition) is 3. The van der Waals surface area contributed by atoms with Gasteiger partial charge in [-0.25, -0.2) is 0 Å². The zero-order valence-corrected chi connectivity index (χ0v) is 15.8. The van der Waals surface area contributed by atoms with Gasteiger partial charge in [-0.15, -0.1) is 0 Å². The van der Waals surface area contributed by atoms with Crippen LogP contribution >= 0.6 is 11.6 Å². The summed E-state index contributed by atoms with van der Waals surface area (Å²) in [6.07, 6.45) is 0. The maximum atomic E-state index is 13.0. The van der Waals surface area contributed by atoms with Crippen LogP contribution in [0.5, 0.6) is 0 Å². The number of nitrogens with one attached hydrogen (secondary N) is 2. The molecule has 0 spiro atoms. The Labute approximate surface area is 158 Å². The predicted octanol–water partition coefficient (Wildman–Crippen LogP) is 3.75. The molecule has 0 saturated heterocycles. The van der Waals surface area contributed by atoms with Gasteiger partial charge < -0.3 is 10.6 Å². The Morgan fingerprint density at radius 2 is 1.96 bits per heavy atom. The highest BCUT2D eigenvalue weighted by atomic mass is 35.5. The van der Waals surface area contributed by atoms with Gasteiger partial charge in [0.25, 0.3) is 0 Å². The summed E-state index contributed by atoms with van der Waals surface area (Å²) in [6, 6.07) is 14.8. The number of carbonyl (C=O) groups is 2. The Balaban J connectivity index is 1.79. The number of nitrogens with zero attached hydrogens (tertiary/aromatic N) is 1. The third kappa shape index (κ3) is 3.45. The topological polar surface area (TPSA) is 61.4 Å². The summed E-state index contributed by atoms with van der Waals surface area (Å²) >= 11 is 6.04. The fourth-order valence-corrected chi connectivity index (χ4v) is 3.31. The molecule has 2 aromatic rings. The Morgan fingerprint density at radius 3 is 2.69 bits per heavy atom. The van der Waals surface area contributed by atoms with Gasteiger partial charge in [-0.2, -0.15) is 0 Å². The minimum atomic E-state index is -0.966. The van der Waals surface area contributed by atoms with Crippen molar-refractivity contribution in [3.8, 4) is 0 Å². The van der Waals surface area contributed by atoms with Crippen molar-refractivity contribution >= 4 is 34.8 Å². The number of para-hydroxylation sites is 2. The van der Waals surface area contributed by atoms with Crippen LogP contribution in [0.3, 0.4) is 0 Å². The number of amides is 2. The third-order valence-electron chi connectivity index (χ3n) is 4.67. The second kappa shape index (κ2) is 7.09. The Hall–Kier alpha value is -2.37. The quantitative estimate of drug-likeness (QED) is 0.860. The van der Waals surface area contributed by atoms with Gasteiger partial charge in [0.15, 0.2) is 0 Å². The van der Waals surface area contributed by atoms with E-state index in [0.29, 0.717) is 16.4 Å². The normalized spacial score (nSPS) is 16.6. The molecule has 0 aromatic heterocycles. The summed E-state index contributed by atoms with van der Waals surface area (Å²) in [5.74, 6) is -0.362. The van der Waals surface area contributed by atoms with Crippen molar-refractivity contribution < 1.29 is 9.59 Å². The van der Waals surface area contributed by atoms with Crippen LogP contribution in [0.2, 0.25) is 5.02 Å². The van der Waals surface area contributed by atoms with Crippen molar-refractivity contribution in [3.63, 3.8) is 0 Å². The van der Waals surface area contributed by atoms with Gasteiger partial charge >= 0.3 is 0 Å². The van der Waals surface area contributed by atoms with Gasteiger partial charge in [-0.1, -0.05) is 35.9 Å². The van der Waals surface area contributed by atoms with Gasteiger partial charge in [0.1, 0.15) is 5.54 Å². The highest BCUT2D eigenvalue weighted by Crippen LogP contribution is 2.36. The van der Waals surface area contributed by atoms with E-state index in [1.54, 1.807) is 24.8 Å². The Kier molecular flexibility index (Phi) is 5.03. The molecule has 6 heteroatoms. The molecule has 2 aromatic carbocycles. The standard InChI is InChI=1S/C20H22ClN3O2/c1-13(14-7-6-8-15(21)11-14)22-12-18(25)24-17-10-5-4-9-16(17)23-19(26)20(24,2)3/h4-11,13,22H,12H2,1-3H3,(H,23,26)/t13-/m0/s1. The van der Waals surface area contributed by atoms with Gasteiger partial charge in [-0.3, -0.25) is 14.5 Å². The Bertz CT molecular complexity index is 850. The van der Waals surface area contributed by atoms with Gasteiger partial charge in [0.05, 0.1) is 17.9 Å². The molecular weight excluding hydrogens is 350 g/mol. The lowest BCUT2D eigenvalue weighted by Gasteiger charge is -2.42. The van der Waals surface area contributed by atoms with Crippen molar-refractivity contribution in [1.82, 2.24) is 5.32 Å². The van der Waals surface area contributed by atoms with Crippen LogP contribution in [0.1, 0.15) is 32.4 Å². The first-order chi connectivity index (χ1) is 12.3. The van der Waals surface area contributed by atoms with E-state index in [4.69, 9.17) is 11.6 Å². The molecule has 0 bridgehead atoms. The molecule has 0 aliphatic carbocycles. The lowest BCUT2D eigenvalue weighted by Crippen LogP contribution is -2.60. The van der Waals surface area contributed by atoms with Crippen LogP contribution in [0.4, 0.5) is 11.4 Å². The average molecular weight is 372 g/mol. The molecule has 2 N–H and O–H groups in total. The van der Waals surface area contributed by atoms with Crippen molar-refractivity contribution in [2.45, 2.75) is 32.4 Å². The number of anilines is 2. The molecular formula is C20H22ClN3O2. The molecule has 0 radical (unpaired) electrons. The maximum Gasteiger partial charge on any atom is 0.250 e. The fraction of sp³-hybridized carbons (Fsp3) is 0.300. The van der Waals surface area contributed by atoms with Crippen LogP contribution in [0.15, 0.2) is 48.5 Å². The van der Waals surface area contributed by atoms with Crippen LogP contribution in [0.25, 0.3) is 0 Å². The van der Waals surface area contributed by atoms with E-state index in [1.165, 1.54) is 0 Å². The largest absolute Gasteiger partial charge is 0.322 e. The first-order valence-electron chi connectivity index (χ1n) is 8.53. The zero-order chi connectivity index (χ0) is 18.9. The molecule has 0 saturated carbocycles. The summed E-state index contributed by atoms with van der Waals surface area (Å²) in [4.78, 5) is 27.0. The Morgan fingerprint density at radius 1 is 1.23 bits per heavy atom. The molecule has 0 fully saturated rings. The lowest BCUT2D eigenvalue weighted by molar-refractivity contribution is -0.126. The van der Waals surface area contributed by atoms with Crippen molar-refractivity contribution in [1.29, 1.82) is 0 Å². The molecule has 0 unspecified atom stereocenters. The average Bonchev–Trinajstić information content (AvgIpc) is 2.60. The van der Waals surface area contributed by atoms with Crippen molar-refractivity contribution in [2.24, 2.45) is 0 Å². The molecule has 26 heavy (non-hydrogen) atoms. The van der Waals surface area contributed by atoms with E-state index in [1.807, 2.05) is 49.4 Å². The number of fused-ring (bicyclic) bond motifs is 1. The van der Waals surface area contributed by atoms with Gasteiger partial charge in [0, 0.05) is 11.1 Å². The fourth-order valence-electron chi connectivity index (χ4n) is 3.11. The molecule has 5 nitrogen and oxygen atoms in total. The van der Waals surface area contributed by atoms with Crippen LogP contribution in [-0.4, -0.2) is 23.9 Å². The first-order valence-corrected chi connectivity index (χ1v) is 8.91. The van der Waals surface area contributed by atoms with Gasteiger partial charge in [-0.05, 0) is 50.6 Å². The molecule has 136 valence electrons. The maximum absolute atomic E-state index is 13.0. The highest BCUT2D eigenvalue weighted by Gasteiger charge is 2.43. The summed E-state index contributed by atoms with van der Waals surface area (Å²) in [7, 11) is 0. The van der Waals surface area contributed by atoms with Crippen LogP contribution in [-0.2, 0) is 9.59 Å². The van der Waals surface area contributed by atoms with E-state index < -0.39 is 5.54 Å². The SMILES string of the molecule is C[C@H](NCC(=O)N1c2ccccc2NC(=O)C1(C)C)c1cccc(Cl)c1. The molecule has 1 aliphatic heterocycles. The number of halogens is 1. The number of benzene rings is 2. The van der Waals surface area contributed by atoms with Crippen molar-refractivity contribution in [2.75, 3.05) is 16.8 Å². The van der Waals surface area contributed by atoms with E-state index in [-0.39, 0.29) is 24.4 Å². The van der Waals surface area contributed by atoms with E-state index >= 15 is 0 Å². The van der Waals surface area contributed by atoms with E-state index in [9.17, 15) is 9.59 Å². The predicted molar refractivity (Wildman–Crippen MR) is 105 cm³/mol. The third-order valence-corrected chi connectivity index (χ3v) is 4.90. The van der Waals surface area contributed by atoms with E-state index in [0.717, 1.165) is 5.56 Å². The van der Waals surface area contributed by atoms with E-state index in [2.05, 4.69) is 10.6 Å². The van der Waals surface area contributed by atoms with Gasteiger partial charge in [0.2, 0.25) is 11.8 Å². The molecule has 1 atom stereocenters. The second-order valence-corrected chi connectivity index (χ2v) is 7.35. The second-order valence-electron chi connectivity index (χ2n) is 6.92. The monoisotopic (exact) mass is 371 g/mol. The summed E-state index contributed by atoms with van der Waals surface area (Å²) in [6.45, 7) is 5.58. The molecule has 2 amide bonds. The molecule has 1 aliphatic rings. The highest BCUT2D eigenvalue weighted by molar-refractivity contribution is 6.30. The summed E-state index contributed by atoms with van der Waals surface area (Å²) in [5, 5.41) is 6.75. The van der Waals surface area contributed by atoms with Crippen LogP contribution in [0, 0.1) is 0 Å². The number of carbonyl (C=O) groups excluding carboxylic acids is 2. The van der Waals surface area contributed by atoms with Crippen molar-refractivity contribution in [3.05, 3.63) is 59.1 Å². The number of hydrogen-bond donors (Lipinski definition) is 2. The van der Waals surface area contributed by atoms with Crippen LogP contribution < -0.4 is 15.5 Å². The molecule has 3 rings (SSSR count). The smallest absolute Gasteiger partial charge is 0.250 e. The summed E-state index contributed by atoms with van der Waals surface area (Å²) < 4.78 is 0. The zero-order valence-electron chi connectivity index (χ0n) is 15.0. The summed E-state index contributed by atoms with van der Waals surface area (Å²) in [5.41, 5.74) is 1.39. The minimum absolute atomic E-state index is 0.0466. The number of rotatable bonds is 4. The first kappa shape index (κ1) is 18.4.